The van der Waals surface area contributed by atoms with Crippen LogP contribution in [0.5, 0.6) is 11.5 Å². The molecule has 2 amide bonds. The van der Waals surface area contributed by atoms with Gasteiger partial charge in [-0.2, -0.15) is 0 Å². The van der Waals surface area contributed by atoms with Crippen molar-refractivity contribution in [2.75, 3.05) is 27.0 Å². The van der Waals surface area contributed by atoms with Crippen LogP contribution in [0.1, 0.15) is 26.3 Å². The fraction of sp³-hybridized carbons (Fsp3) is 0.421. The third-order valence-corrected chi connectivity index (χ3v) is 3.47. The Morgan fingerprint density at radius 3 is 2.63 bits per heavy atom. The van der Waals surface area contributed by atoms with Crippen molar-refractivity contribution in [1.82, 2.24) is 10.2 Å². The summed E-state index contributed by atoms with van der Waals surface area (Å²) in [6.45, 7) is 5.17. The minimum Gasteiger partial charge on any atom is -0.454 e. The van der Waals surface area contributed by atoms with E-state index in [9.17, 15) is 14.4 Å². The molecule has 0 unspecified atom stereocenters. The number of nitrogens with one attached hydrogen (secondary N) is 1. The Bertz CT molecular complexity index is 751. The van der Waals surface area contributed by atoms with E-state index < -0.39 is 18.5 Å². The Hall–Kier alpha value is -3.03. The van der Waals surface area contributed by atoms with E-state index in [0.717, 1.165) is 5.56 Å². The topological polar surface area (TPSA) is 94.2 Å². The highest BCUT2D eigenvalue weighted by molar-refractivity contribution is 5.90. The number of carbonyl (C=O) groups is 3. The van der Waals surface area contributed by atoms with Crippen molar-refractivity contribution in [1.29, 1.82) is 0 Å². The van der Waals surface area contributed by atoms with Gasteiger partial charge < -0.3 is 24.4 Å². The van der Waals surface area contributed by atoms with Crippen molar-refractivity contribution < 1.29 is 28.6 Å². The number of nitrogens with zero attached hydrogens (tertiary/aromatic N) is 1. The highest BCUT2D eigenvalue weighted by Gasteiger charge is 2.18. The third-order valence-electron chi connectivity index (χ3n) is 3.47. The van der Waals surface area contributed by atoms with Gasteiger partial charge in [-0.1, -0.05) is 6.07 Å². The molecule has 0 fully saturated rings. The lowest BCUT2D eigenvalue weighted by molar-refractivity contribution is -0.148. The summed E-state index contributed by atoms with van der Waals surface area (Å²) in [5.74, 6) is -0.153. The smallest absolute Gasteiger partial charge is 0.331 e. The van der Waals surface area contributed by atoms with Gasteiger partial charge in [-0.15, -0.1) is 0 Å². The Labute approximate surface area is 158 Å². The first-order valence-corrected chi connectivity index (χ1v) is 8.43. The van der Waals surface area contributed by atoms with Gasteiger partial charge in [-0.25, -0.2) is 4.79 Å². The third kappa shape index (κ3) is 6.65. The molecule has 1 aliphatic rings. The molecule has 2 rings (SSSR count). The zero-order chi connectivity index (χ0) is 20.0. The predicted molar refractivity (Wildman–Crippen MR) is 98.1 cm³/mol. The number of hydrogen-bond acceptors (Lipinski definition) is 6. The van der Waals surface area contributed by atoms with Gasteiger partial charge in [0.1, 0.15) is 0 Å². The van der Waals surface area contributed by atoms with E-state index in [2.05, 4.69) is 5.32 Å². The lowest BCUT2D eigenvalue weighted by atomic mass is 10.1. The second-order valence-electron chi connectivity index (χ2n) is 7.10. The lowest BCUT2D eigenvalue weighted by Gasteiger charge is -2.23. The fourth-order valence-corrected chi connectivity index (χ4v) is 2.23. The van der Waals surface area contributed by atoms with Crippen molar-refractivity contribution in [3.8, 4) is 11.5 Å². The van der Waals surface area contributed by atoms with Crippen molar-refractivity contribution in [3.63, 3.8) is 0 Å². The minimum atomic E-state index is -0.659. The number of ether oxygens (including phenoxy) is 3. The monoisotopic (exact) mass is 376 g/mol. The van der Waals surface area contributed by atoms with Gasteiger partial charge in [0.15, 0.2) is 18.1 Å². The van der Waals surface area contributed by atoms with Gasteiger partial charge in [0, 0.05) is 18.7 Å². The molecule has 27 heavy (non-hydrogen) atoms. The number of hydrogen-bond donors (Lipinski definition) is 1. The fourth-order valence-electron chi connectivity index (χ4n) is 2.23. The Kier molecular flexibility index (Phi) is 6.44. The predicted octanol–water partition coefficient (Wildman–Crippen LogP) is 1.34. The van der Waals surface area contributed by atoms with E-state index in [1.807, 2.05) is 20.8 Å². The van der Waals surface area contributed by atoms with E-state index in [0.29, 0.717) is 11.5 Å². The normalized spacial score (nSPS) is 12.7. The maximum atomic E-state index is 12.0. The van der Waals surface area contributed by atoms with Crippen LogP contribution >= 0.6 is 0 Å². The number of amides is 2. The largest absolute Gasteiger partial charge is 0.454 e. The molecule has 0 atom stereocenters. The molecule has 0 radical (unpaired) electrons. The minimum absolute atomic E-state index is 0.110. The first kappa shape index (κ1) is 20.3. The van der Waals surface area contributed by atoms with Crippen LogP contribution in [-0.4, -0.2) is 55.2 Å². The first-order valence-electron chi connectivity index (χ1n) is 8.43. The molecule has 8 heteroatoms. The molecule has 8 nitrogen and oxygen atoms in total. The molecule has 0 saturated heterocycles. The first-order chi connectivity index (χ1) is 12.6. The molecule has 0 bridgehead atoms. The maximum absolute atomic E-state index is 12.0. The summed E-state index contributed by atoms with van der Waals surface area (Å²) in [6, 6.07) is 5.25. The number of esters is 1. The molecule has 0 aliphatic carbocycles. The van der Waals surface area contributed by atoms with Gasteiger partial charge in [0.25, 0.3) is 5.91 Å². The summed E-state index contributed by atoms with van der Waals surface area (Å²) in [6.07, 6.45) is 2.77. The van der Waals surface area contributed by atoms with Crippen LogP contribution in [0.25, 0.3) is 6.08 Å². The Morgan fingerprint density at radius 2 is 1.93 bits per heavy atom. The highest BCUT2D eigenvalue weighted by Crippen LogP contribution is 2.32. The van der Waals surface area contributed by atoms with Crippen LogP contribution in [0.2, 0.25) is 0 Å². The van der Waals surface area contributed by atoms with Crippen LogP contribution in [0.15, 0.2) is 24.3 Å². The second kappa shape index (κ2) is 8.57. The molecule has 1 N–H and O–H groups in total. The van der Waals surface area contributed by atoms with E-state index in [1.165, 1.54) is 18.0 Å². The van der Waals surface area contributed by atoms with Crippen molar-refractivity contribution in [2.45, 2.75) is 26.3 Å². The summed E-state index contributed by atoms with van der Waals surface area (Å²) in [5.41, 5.74) is 0.353. The van der Waals surface area contributed by atoms with Crippen LogP contribution in [0, 0.1) is 0 Å². The van der Waals surface area contributed by atoms with Gasteiger partial charge in [-0.3, -0.25) is 9.59 Å². The lowest BCUT2D eigenvalue weighted by Crippen LogP contribution is -2.46. The summed E-state index contributed by atoms with van der Waals surface area (Å²) in [5, 5.41) is 2.76. The van der Waals surface area contributed by atoms with Crippen LogP contribution in [0.4, 0.5) is 0 Å². The highest BCUT2D eigenvalue weighted by atomic mass is 16.7. The average Bonchev–Trinajstić information content (AvgIpc) is 3.03. The van der Waals surface area contributed by atoms with Gasteiger partial charge in [-0.05, 0) is 44.5 Å². The molecule has 1 aromatic rings. The van der Waals surface area contributed by atoms with Crippen molar-refractivity contribution in [3.05, 3.63) is 29.8 Å². The maximum Gasteiger partial charge on any atom is 0.331 e. The summed E-state index contributed by atoms with van der Waals surface area (Å²) in [7, 11) is 1.47. The van der Waals surface area contributed by atoms with E-state index in [1.54, 1.807) is 24.3 Å². The molecule has 1 aliphatic heterocycles. The number of rotatable bonds is 6. The molecular weight excluding hydrogens is 352 g/mol. The summed E-state index contributed by atoms with van der Waals surface area (Å²) >= 11 is 0. The number of fused-ring (bicyclic) bond motifs is 1. The van der Waals surface area contributed by atoms with Crippen LogP contribution in [-0.2, 0) is 19.1 Å². The van der Waals surface area contributed by atoms with Gasteiger partial charge in [0.2, 0.25) is 12.7 Å². The van der Waals surface area contributed by atoms with Crippen molar-refractivity contribution in [2.24, 2.45) is 0 Å². The van der Waals surface area contributed by atoms with Crippen LogP contribution in [0.3, 0.4) is 0 Å². The van der Waals surface area contributed by atoms with E-state index >= 15 is 0 Å². The molecule has 1 heterocycles. The van der Waals surface area contributed by atoms with E-state index in [4.69, 9.17) is 14.2 Å². The zero-order valence-corrected chi connectivity index (χ0v) is 15.9. The van der Waals surface area contributed by atoms with Gasteiger partial charge in [0.05, 0.1) is 6.54 Å². The zero-order valence-electron chi connectivity index (χ0n) is 15.9. The second-order valence-corrected chi connectivity index (χ2v) is 7.10. The molecule has 0 saturated carbocycles. The van der Waals surface area contributed by atoms with Gasteiger partial charge >= 0.3 is 5.97 Å². The number of likely N-dealkylation sites (N-methyl/N-ethyl adjacent to an activating group) is 1. The standard InChI is InChI=1S/C19H24N2O6/c1-19(2,3)20-16(22)10-21(4)17(23)11-25-18(24)8-6-13-5-7-14-15(9-13)27-12-26-14/h5-9H,10-12H2,1-4H3,(H,20,22)/b8-6+. The van der Waals surface area contributed by atoms with Crippen molar-refractivity contribution >= 4 is 23.9 Å². The number of carbonyl (C=O) groups excluding carboxylic acids is 3. The Morgan fingerprint density at radius 1 is 1.22 bits per heavy atom. The molecular formula is C19H24N2O6. The number of benzene rings is 1. The average molecular weight is 376 g/mol. The molecule has 0 aromatic heterocycles. The SMILES string of the molecule is CN(CC(=O)NC(C)(C)C)C(=O)COC(=O)/C=C/c1ccc2c(c1)OCO2. The summed E-state index contributed by atoms with van der Waals surface area (Å²) < 4.78 is 15.4. The van der Waals surface area contributed by atoms with Crippen LogP contribution < -0.4 is 14.8 Å². The molecule has 146 valence electrons. The Balaban J connectivity index is 1.77. The molecule has 0 spiro atoms. The quantitative estimate of drug-likeness (QED) is 0.595. The van der Waals surface area contributed by atoms with E-state index in [-0.39, 0.29) is 24.8 Å². The summed E-state index contributed by atoms with van der Waals surface area (Å²) in [4.78, 5) is 36.7. The molecule has 1 aromatic carbocycles.